The molecule has 0 fully saturated rings. The first kappa shape index (κ1) is 16.8. The third-order valence-electron chi connectivity index (χ3n) is 4.11. The molecule has 1 amide bonds. The average molecular weight is 331 g/mol. The lowest BCUT2D eigenvalue weighted by molar-refractivity contribution is 0.0954. The summed E-state index contributed by atoms with van der Waals surface area (Å²) in [6.07, 6.45) is 0.825. The van der Waals surface area contributed by atoms with Gasteiger partial charge in [-0.15, -0.1) is 0 Å². The van der Waals surface area contributed by atoms with Crippen molar-refractivity contribution in [2.75, 3.05) is 13.7 Å². The van der Waals surface area contributed by atoms with Crippen LogP contribution in [0.3, 0.4) is 0 Å². The predicted octanol–water partition coefficient (Wildman–Crippen LogP) is 4.33. The molecule has 0 aromatic heterocycles. The third kappa shape index (κ3) is 4.27. The first-order chi connectivity index (χ1) is 12.3. The molecule has 0 heterocycles. The number of benzene rings is 3. The standard InChI is InChI=1S/C22H21NO2/c1-25-21-10-6-5-9-20(21)18-11-13-19(14-12-18)22(24)23-16-15-17-7-3-2-4-8-17/h2-14H,15-16H2,1H3,(H,23,24). The Morgan fingerprint density at radius 2 is 1.56 bits per heavy atom. The molecule has 126 valence electrons. The number of hydrogen-bond acceptors (Lipinski definition) is 2. The second-order valence-corrected chi connectivity index (χ2v) is 5.77. The molecule has 3 heteroatoms. The van der Waals surface area contributed by atoms with Crippen LogP contribution >= 0.6 is 0 Å². The molecule has 0 unspecified atom stereocenters. The highest BCUT2D eigenvalue weighted by Crippen LogP contribution is 2.29. The summed E-state index contributed by atoms with van der Waals surface area (Å²) in [4.78, 5) is 12.3. The van der Waals surface area contributed by atoms with Crippen molar-refractivity contribution in [3.05, 3.63) is 90.0 Å². The van der Waals surface area contributed by atoms with E-state index in [1.54, 1.807) is 7.11 Å². The summed E-state index contributed by atoms with van der Waals surface area (Å²) in [5.74, 6) is 0.769. The minimum atomic E-state index is -0.0532. The van der Waals surface area contributed by atoms with Gasteiger partial charge < -0.3 is 10.1 Å². The molecule has 3 rings (SSSR count). The molecule has 0 bridgehead atoms. The molecule has 1 N–H and O–H groups in total. The van der Waals surface area contributed by atoms with Crippen LogP contribution in [-0.2, 0) is 6.42 Å². The predicted molar refractivity (Wildman–Crippen MR) is 101 cm³/mol. The van der Waals surface area contributed by atoms with Crippen molar-refractivity contribution in [2.45, 2.75) is 6.42 Å². The zero-order chi connectivity index (χ0) is 17.5. The first-order valence-corrected chi connectivity index (χ1v) is 8.33. The smallest absolute Gasteiger partial charge is 0.251 e. The normalized spacial score (nSPS) is 10.3. The van der Waals surface area contributed by atoms with E-state index in [0.29, 0.717) is 12.1 Å². The quantitative estimate of drug-likeness (QED) is 0.730. The Morgan fingerprint density at radius 3 is 2.28 bits per heavy atom. The first-order valence-electron chi connectivity index (χ1n) is 8.33. The molecule has 3 aromatic carbocycles. The summed E-state index contributed by atoms with van der Waals surface area (Å²) < 4.78 is 5.39. The maximum atomic E-state index is 12.3. The second kappa shape index (κ2) is 8.15. The third-order valence-corrected chi connectivity index (χ3v) is 4.11. The van der Waals surface area contributed by atoms with Crippen molar-refractivity contribution in [1.29, 1.82) is 0 Å². The van der Waals surface area contributed by atoms with E-state index in [1.807, 2.05) is 66.7 Å². The number of para-hydroxylation sites is 1. The van der Waals surface area contributed by atoms with E-state index in [4.69, 9.17) is 4.74 Å². The van der Waals surface area contributed by atoms with Gasteiger partial charge >= 0.3 is 0 Å². The largest absolute Gasteiger partial charge is 0.496 e. The van der Waals surface area contributed by atoms with Gasteiger partial charge in [0, 0.05) is 17.7 Å². The molecule has 0 aliphatic heterocycles. The summed E-state index contributed by atoms with van der Waals surface area (Å²) in [5.41, 5.74) is 3.92. The van der Waals surface area contributed by atoms with E-state index in [2.05, 4.69) is 17.4 Å². The van der Waals surface area contributed by atoms with Crippen molar-refractivity contribution in [3.63, 3.8) is 0 Å². The van der Waals surface area contributed by atoms with Gasteiger partial charge in [-0.2, -0.15) is 0 Å². The van der Waals surface area contributed by atoms with E-state index >= 15 is 0 Å². The van der Waals surface area contributed by atoms with Crippen molar-refractivity contribution >= 4 is 5.91 Å². The van der Waals surface area contributed by atoms with Crippen LogP contribution in [0.25, 0.3) is 11.1 Å². The van der Waals surface area contributed by atoms with E-state index in [9.17, 15) is 4.79 Å². The van der Waals surface area contributed by atoms with Crippen molar-refractivity contribution in [3.8, 4) is 16.9 Å². The Bertz CT molecular complexity index is 826. The van der Waals surface area contributed by atoms with Crippen LogP contribution < -0.4 is 10.1 Å². The second-order valence-electron chi connectivity index (χ2n) is 5.77. The van der Waals surface area contributed by atoms with Crippen LogP contribution in [0, 0.1) is 0 Å². The van der Waals surface area contributed by atoms with Gasteiger partial charge in [0.2, 0.25) is 0 Å². The number of carbonyl (C=O) groups is 1. The van der Waals surface area contributed by atoms with Crippen LogP contribution in [0.2, 0.25) is 0 Å². The zero-order valence-corrected chi connectivity index (χ0v) is 14.2. The van der Waals surface area contributed by atoms with Gasteiger partial charge in [-0.25, -0.2) is 0 Å². The van der Waals surface area contributed by atoms with Crippen molar-refractivity contribution in [1.82, 2.24) is 5.32 Å². The fourth-order valence-electron chi connectivity index (χ4n) is 2.75. The fourth-order valence-corrected chi connectivity index (χ4v) is 2.75. The van der Waals surface area contributed by atoms with Crippen LogP contribution in [-0.4, -0.2) is 19.6 Å². The molecule has 0 spiro atoms. The van der Waals surface area contributed by atoms with Crippen LogP contribution in [0.4, 0.5) is 0 Å². The number of methoxy groups -OCH3 is 1. The lowest BCUT2D eigenvalue weighted by Gasteiger charge is -2.09. The summed E-state index contributed by atoms with van der Waals surface area (Å²) in [5, 5.41) is 2.97. The topological polar surface area (TPSA) is 38.3 Å². The minimum Gasteiger partial charge on any atom is -0.496 e. The Hall–Kier alpha value is -3.07. The number of hydrogen-bond donors (Lipinski definition) is 1. The van der Waals surface area contributed by atoms with Gasteiger partial charge in [-0.05, 0) is 35.7 Å². The van der Waals surface area contributed by atoms with E-state index in [1.165, 1.54) is 5.56 Å². The Labute approximate surface area is 148 Å². The molecule has 0 aliphatic carbocycles. The molecule has 0 saturated heterocycles. The van der Waals surface area contributed by atoms with E-state index in [-0.39, 0.29) is 5.91 Å². The summed E-state index contributed by atoms with van der Waals surface area (Å²) >= 11 is 0. The molecule has 0 aliphatic rings. The maximum Gasteiger partial charge on any atom is 0.251 e. The highest BCUT2D eigenvalue weighted by Gasteiger charge is 2.08. The number of carbonyl (C=O) groups excluding carboxylic acids is 1. The molecule has 3 aromatic rings. The van der Waals surface area contributed by atoms with Crippen molar-refractivity contribution < 1.29 is 9.53 Å². The molecular formula is C22H21NO2. The zero-order valence-electron chi connectivity index (χ0n) is 14.2. The summed E-state index contributed by atoms with van der Waals surface area (Å²) in [6.45, 7) is 0.622. The van der Waals surface area contributed by atoms with Crippen LogP contribution in [0.1, 0.15) is 15.9 Å². The molecular weight excluding hydrogens is 310 g/mol. The van der Waals surface area contributed by atoms with Gasteiger partial charge in [0.05, 0.1) is 7.11 Å². The monoisotopic (exact) mass is 331 g/mol. The molecule has 25 heavy (non-hydrogen) atoms. The van der Waals surface area contributed by atoms with Gasteiger partial charge in [0.25, 0.3) is 5.91 Å². The van der Waals surface area contributed by atoms with E-state index < -0.39 is 0 Å². The number of rotatable bonds is 6. The average Bonchev–Trinajstić information content (AvgIpc) is 2.69. The summed E-state index contributed by atoms with van der Waals surface area (Å²) in [6, 6.07) is 25.6. The number of amides is 1. The number of ether oxygens (including phenoxy) is 1. The maximum absolute atomic E-state index is 12.3. The minimum absolute atomic E-state index is 0.0532. The lowest BCUT2D eigenvalue weighted by atomic mass is 10.0. The molecule has 0 saturated carbocycles. The fraction of sp³-hybridized carbons (Fsp3) is 0.136. The van der Waals surface area contributed by atoms with Gasteiger partial charge in [0.15, 0.2) is 0 Å². The summed E-state index contributed by atoms with van der Waals surface area (Å²) in [7, 11) is 1.66. The molecule has 0 radical (unpaired) electrons. The Balaban J connectivity index is 1.62. The SMILES string of the molecule is COc1ccccc1-c1ccc(C(=O)NCCc2ccccc2)cc1. The Kier molecular flexibility index (Phi) is 5.47. The molecule has 3 nitrogen and oxygen atoms in total. The highest BCUT2D eigenvalue weighted by molar-refractivity contribution is 5.94. The van der Waals surface area contributed by atoms with E-state index in [0.717, 1.165) is 23.3 Å². The van der Waals surface area contributed by atoms with Gasteiger partial charge in [-0.1, -0.05) is 60.7 Å². The number of nitrogens with one attached hydrogen (secondary N) is 1. The Morgan fingerprint density at radius 1 is 0.880 bits per heavy atom. The van der Waals surface area contributed by atoms with Gasteiger partial charge in [-0.3, -0.25) is 4.79 Å². The van der Waals surface area contributed by atoms with Crippen molar-refractivity contribution in [2.24, 2.45) is 0 Å². The lowest BCUT2D eigenvalue weighted by Crippen LogP contribution is -2.25. The van der Waals surface area contributed by atoms with Gasteiger partial charge in [0.1, 0.15) is 5.75 Å². The highest BCUT2D eigenvalue weighted by atomic mass is 16.5. The molecule has 0 atom stereocenters. The van der Waals surface area contributed by atoms with Crippen LogP contribution in [0.15, 0.2) is 78.9 Å². The van der Waals surface area contributed by atoms with Crippen LogP contribution in [0.5, 0.6) is 5.75 Å².